The van der Waals surface area contributed by atoms with Crippen molar-refractivity contribution in [1.29, 1.82) is 0 Å². The molecule has 0 fully saturated rings. The van der Waals surface area contributed by atoms with E-state index >= 15 is 0 Å². The summed E-state index contributed by atoms with van der Waals surface area (Å²) in [6.45, 7) is 11.6. The van der Waals surface area contributed by atoms with Gasteiger partial charge < -0.3 is 14.3 Å². The Morgan fingerprint density at radius 2 is 1.81 bits per heavy atom. The fourth-order valence-electron chi connectivity index (χ4n) is 0.855. The molecule has 0 aromatic rings. The van der Waals surface area contributed by atoms with Gasteiger partial charge in [0, 0.05) is 0 Å². The van der Waals surface area contributed by atoms with E-state index in [4.69, 9.17) is 10.8 Å². The van der Waals surface area contributed by atoms with Crippen molar-refractivity contribution in [3.8, 4) is 12.3 Å². The van der Waals surface area contributed by atoms with Crippen LogP contribution in [0.4, 0.5) is 0 Å². The zero-order valence-electron chi connectivity index (χ0n) is 11.0. The molecule has 92 valence electrons. The monoisotopic (exact) mass is 242 g/mol. The first-order chi connectivity index (χ1) is 6.98. The molecule has 0 spiro atoms. The zero-order valence-corrected chi connectivity index (χ0v) is 12.0. The summed E-state index contributed by atoms with van der Waals surface area (Å²) in [7, 11) is -2.08. The summed E-state index contributed by atoms with van der Waals surface area (Å²) in [5.41, 5.74) is -1.62. The van der Waals surface area contributed by atoms with Gasteiger partial charge in [-0.1, -0.05) is 26.7 Å². The zero-order chi connectivity index (χ0) is 13.2. The predicted molar refractivity (Wildman–Crippen MR) is 67.6 cm³/mol. The fraction of sp³-hybridized carbons (Fsp3) is 0.750. The summed E-state index contributed by atoms with van der Waals surface area (Å²) >= 11 is 0. The molecule has 0 aromatic carbocycles. The molecule has 2 atom stereocenters. The highest BCUT2D eigenvalue weighted by Gasteiger charge is 2.43. The van der Waals surface area contributed by atoms with Crippen LogP contribution in [0.15, 0.2) is 0 Å². The van der Waals surface area contributed by atoms with Crippen LogP contribution >= 0.6 is 0 Å². The molecule has 0 unspecified atom stereocenters. The van der Waals surface area contributed by atoms with Crippen molar-refractivity contribution in [3.05, 3.63) is 0 Å². The Balaban J connectivity index is 4.97. The molecule has 0 aliphatic heterocycles. The molecule has 0 rings (SSSR count). The van der Waals surface area contributed by atoms with Crippen LogP contribution in [-0.2, 0) is 9.22 Å². The van der Waals surface area contributed by atoms with E-state index in [1.54, 1.807) is 0 Å². The van der Waals surface area contributed by atoms with Crippen LogP contribution in [0, 0.1) is 12.3 Å². The summed E-state index contributed by atoms with van der Waals surface area (Å²) in [6.07, 6.45) is 4.87. The first-order valence-corrected chi connectivity index (χ1v) is 8.21. The van der Waals surface area contributed by atoms with Gasteiger partial charge in [-0.25, -0.2) is 0 Å². The highest BCUT2D eigenvalue weighted by Crippen LogP contribution is 2.38. The standard InChI is InChI=1S/C12H22O3Si/c1-8-10(12(5,14)9-13)15-16(6,7)11(2,3)4/h1,9-10,14H,2-7H3/t10-,12+/m1/s1. The highest BCUT2D eigenvalue weighted by molar-refractivity contribution is 6.74. The van der Waals surface area contributed by atoms with E-state index in [1.807, 2.05) is 13.1 Å². The number of terminal acetylenes is 1. The van der Waals surface area contributed by atoms with E-state index in [9.17, 15) is 9.90 Å². The Kier molecular flexibility index (Phi) is 4.52. The van der Waals surface area contributed by atoms with Crippen LogP contribution in [0.3, 0.4) is 0 Å². The average Bonchev–Trinajstić information content (AvgIpc) is 2.12. The molecule has 0 heterocycles. The first-order valence-electron chi connectivity index (χ1n) is 5.30. The summed E-state index contributed by atoms with van der Waals surface area (Å²) in [5.74, 6) is 2.35. The van der Waals surface area contributed by atoms with Crippen molar-refractivity contribution in [1.82, 2.24) is 0 Å². The van der Waals surface area contributed by atoms with Gasteiger partial charge in [0.25, 0.3) is 0 Å². The Morgan fingerprint density at radius 3 is 2.06 bits per heavy atom. The van der Waals surface area contributed by atoms with E-state index in [0.29, 0.717) is 6.29 Å². The second kappa shape index (κ2) is 4.70. The summed E-state index contributed by atoms with van der Waals surface area (Å²) in [5, 5.41) is 9.79. The molecule has 4 heteroatoms. The number of aliphatic hydroxyl groups is 1. The minimum Gasteiger partial charge on any atom is -0.400 e. The van der Waals surface area contributed by atoms with Gasteiger partial charge in [0.15, 0.2) is 20.2 Å². The van der Waals surface area contributed by atoms with Crippen molar-refractivity contribution in [2.75, 3.05) is 0 Å². The van der Waals surface area contributed by atoms with Gasteiger partial charge >= 0.3 is 0 Å². The molecule has 0 bridgehead atoms. The van der Waals surface area contributed by atoms with Gasteiger partial charge in [-0.05, 0) is 25.1 Å². The second-order valence-corrected chi connectivity index (χ2v) is 10.5. The summed E-state index contributed by atoms with van der Waals surface area (Å²) in [4.78, 5) is 10.8. The second-order valence-electron chi connectivity index (χ2n) is 5.77. The molecule has 0 aromatic heterocycles. The molecule has 0 aliphatic carbocycles. The third-order valence-corrected chi connectivity index (χ3v) is 7.58. The normalized spacial score (nSPS) is 18.4. The molecule has 0 amide bonds. The van der Waals surface area contributed by atoms with Crippen LogP contribution in [0.5, 0.6) is 0 Å². The Bertz CT molecular complexity index is 294. The van der Waals surface area contributed by atoms with Gasteiger partial charge in [0.1, 0.15) is 6.10 Å². The third-order valence-electron chi connectivity index (χ3n) is 3.14. The Morgan fingerprint density at radius 1 is 1.38 bits per heavy atom. The van der Waals surface area contributed by atoms with Crippen molar-refractivity contribution in [3.63, 3.8) is 0 Å². The quantitative estimate of drug-likeness (QED) is 0.466. The largest absolute Gasteiger partial charge is 0.400 e. The number of rotatable bonds is 4. The number of hydrogen-bond donors (Lipinski definition) is 1. The SMILES string of the molecule is C#C[C@@H](O[Si](C)(C)C(C)(C)C)[C@@](C)(O)C=O. The van der Waals surface area contributed by atoms with Crippen LogP contribution < -0.4 is 0 Å². The predicted octanol–water partition coefficient (Wildman–Crippen LogP) is 1.96. The first kappa shape index (κ1) is 15.4. The van der Waals surface area contributed by atoms with Gasteiger partial charge in [0.05, 0.1) is 0 Å². The molecule has 0 aliphatic rings. The molecule has 0 radical (unpaired) electrons. The van der Waals surface area contributed by atoms with E-state index < -0.39 is 20.0 Å². The van der Waals surface area contributed by atoms with Crippen molar-refractivity contribution >= 4 is 14.6 Å². The van der Waals surface area contributed by atoms with Crippen molar-refractivity contribution < 1.29 is 14.3 Å². The van der Waals surface area contributed by atoms with E-state index in [1.165, 1.54) is 6.92 Å². The molecule has 1 N–H and O–H groups in total. The third kappa shape index (κ3) is 3.44. The average molecular weight is 242 g/mol. The molecule has 16 heavy (non-hydrogen) atoms. The Hall–Kier alpha value is -0.633. The lowest BCUT2D eigenvalue weighted by molar-refractivity contribution is -0.128. The number of hydrogen-bond acceptors (Lipinski definition) is 3. The maximum absolute atomic E-state index is 10.8. The van der Waals surface area contributed by atoms with E-state index in [-0.39, 0.29) is 5.04 Å². The van der Waals surface area contributed by atoms with Crippen LogP contribution in [-0.4, -0.2) is 31.4 Å². The van der Waals surface area contributed by atoms with Gasteiger partial charge in [0.2, 0.25) is 0 Å². The van der Waals surface area contributed by atoms with Gasteiger partial charge in [-0.3, -0.25) is 0 Å². The topological polar surface area (TPSA) is 46.5 Å². The van der Waals surface area contributed by atoms with Gasteiger partial charge in [-0.15, -0.1) is 6.42 Å². The van der Waals surface area contributed by atoms with Crippen LogP contribution in [0.2, 0.25) is 18.1 Å². The lowest BCUT2D eigenvalue weighted by atomic mass is 10.0. The van der Waals surface area contributed by atoms with E-state index in [0.717, 1.165) is 0 Å². The number of carbonyl (C=O) groups excluding carboxylic acids is 1. The molecule has 0 saturated carbocycles. The van der Waals surface area contributed by atoms with E-state index in [2.05, 4.69) is 26.7 Å². The van der Waals surface area contributed by atoms with Crippen molar-refractivity contribution in [2.24, 2.45) is 0 Å². The van der Waals surface area contributed by atoms with Gasteiger partial charge in [-0.2, -0.15) is 0 Å². The lowest BCUT2D eigenvalue weighted by Gasteiger charge is -2.40. The fourth-order valence-corrected chi connectivity index (χ4v) is 2.10. The molecular weight excluding hydrogens is 220 g/mol. The highest BCUT2D eigenvalue weighted by atomic mass is 28.4. The van der Waals surface area contributed by atoms with Crippen LogP contribution in [0.1, 0.15) is 27.7 Å². The maximum Gasteiger partial charge on any atom is 0.193 e. The number of aldehydes is 1. The molecular formula is C12H22O3Si. The minimum atomic E-state index is -2.08. The summed E-state index contributed by atoms with van der Waals surface area (Å²) in [6, 6.07) is 0. The smallest absolute Gasteiger partial charge is 0.193 e. The lowest BCUT2D eigenvalue weighted by Crippen LogP contribution is -2.51. The van der Waals surface area contributed by atoms with Crippen LogP contribution in [0.25, 0.3) is 0 Å². The van der Waals surface area contributed by atoms with Crippen molar-refractivity contribution in [2.45, 2.75) is 57.5 Å². The summed E-state index contributed by atoms with van der Waals surface area (Å²) < 4.78 is 5.83. The minimum absolute atomic E-state index is 0.0128. The number of carbonyl (C=O) groups is 1. The maximum atomic E-state index is 10.8. The molecule has 3 nitrogen and oxygen atoms in total. The Labute approximate surface area is 99.3 Å². The molecule has 0 saturated heterocycles.